The number of Topliss-reactive ketones (excluding diaryl/α,β-unsaturated/α-hetero) is 1. The summed E-state index contributed by atoms with van der Waals surface area (Å²) in [5.74, 6) is 0.280. The average Bonchev–Trinajstić information content (AvgIpc) is 1.97. The molecule has 0 saturated heterocycles. The average molecular weight is 276 g/mol. The number of hydrogen-bond acceptors (Lipinski definition) is 1. The van der Waals surface area contributed by atoms with Crippen molar-refractivity contribution >= 4 is 28.4 Å². The summed E-state index contributed by atoms with van der Waals surface area (Å²) in [6.07, 6.45) is 5.64. The van der Waals surface area contributed by atoms with Crippen molar-refractivity contribution in [2.75, 3.05) is 0 Å². The quantitative estimate of drug-likeness (QED) is 0.672. The van der Waals surface area contributed by atoms with Gasteiger partial charge in [-0.15, -0.1) is 0 Å². The van der Waals surface area contributed by atoms with Crippen LogP contribution in [0.15, 0.2) is 21.8 Å². The van der Waals surface area contributed by atoms with E-state index in [2.05, 4.69) is 42.5 Å². The second kappa shape index (κ2) is 3.73. The minimum absolute atomic E-state index is 0.194. The van der Waals surface area contributed by atoms with Crippen molar-refractivity contribution in [2.24, 2.45) is 5.41 Å². The number of carbonyl (C=O) groups is 1. The molecule has 0 atom stereocenters. The van der Waals surface area contributed by atoms with E-state index in [9.17, 15) is 4.79 Å². The number of allylic oxidation sites excluding steroid dienone is 3. The van der Waals surface area contributed by atoms with Gasteiger partial charge in [-0.3, -0.25) is 4.79 Å². The van der Waals surface area contributed by atoms with Gasteiger partial charge in [-0.2, -0.15) is 0 Å². The van der Waals surface area contributed by atoms with E-state index < -0.39 is 0 Å². The van der Waals surface area contributed by atoms with E-state index >= 15 is 0 Å². The van der Waals surface area contributed by atoms with Crippen molar-refractivity contribution in [3.8, 4) is 0 Å². The molecule has 0 aliphatic heterocycles. The number of rotatable bonds is 1. The number of carbonyl (C=O) groups excluding carboxylic acids is 1. The predicted molar refractivity (Wildman–Crippen MR) is 59.3 cm³/mol. The Kier molecular flexibility index (Phi) is 3.09. The summed E-state index contributed by atoms with van der Waals surface area (Å²) in [6.45, 7) is 4.33. The SMILES string of the molecule is CC1(C)C=C(C=CI)C(=O)CC1. The summed E-state index contributed by atoms with van der Waals surface area (Å²) in [5.41, 5.74) is 1.07. The van der Waals surface area contributed by atoms with Crippen molar-refractivity contribution < 1.29 is 4.79 Å². The maximum atomic E-state index is 11.3. The molecule has 0 radical (unpaired) electrons. The van der Waals surface area contributed by atoms with Crippen LogP contribution in [0, 0.1) is 5.41 Å². The lowest BCUT2D eigenvalue weighted by atomic mass is 9.79. The highest BCUT2D eigenvalue weighted by molar-refractivity contribution is 14.1. The van der Waals surface area contributed by atoms with Crippen molar-refractivity contribution in [2.45, 2.75) is 26.7 Å². The van der Waals surface area contributed by atoms with Crippen LogP contribution in [0.3, 0.4) is 0 Å². The molecule has 0 saturated carbocycles. The van der Waals surface area contributed by atoms with Crippen molar-refractivity contribution in [1.29, 1.82) is 0 Å². The summed E-state index contributed by atoms with van der Waals surface area (Å²) in [6, 6.07) is 0. The third-order valence-electron chi connectivity index (χ3n) is 2.11. The maximum Gasteiger partial charge on any atom is 0.162 e. The molecule has 0 unspecified atom stereocenters. The molecule has 12 heavy (non-hydrogen) atoms. The molecular formula is C10H13IO. The molecule has 0 amide bonds. The number of ketones is 1. The zero-order valence-electron chi connectivity index (χ0n) is 7.43. The molecule has 0 spiro atoms. The topological polar surface area (TPSA) is 17.1 Å². The molecule has 1 aliphatic rings. The highest BCUT2D eigenvalue weighted by atomic mass is 127. The van der Waals surface area contributed by atoms with Gasteiger partial charge in [-0.05, 0) is 22.0 Å². The lowest BCUT2D eigenvalue weighted by Gasteiger charge is -2.25. The lowest BCUT2D eigenvalue weighted by molar-refractivity contribution is -0.116. The fourth-order valence-corrected chi connectivity index (χ4v) is 1.75. The summed E-state index contributed by atoms with van der Waals surface area (Å²) in [7, 11) is 0. The van der Waals surface area contributed by atoms with Crippen LogP contribution in [-0.4, -0.2) is 5.78 Å². The minimum Gasteiger partial charge on any atom is -0.294 e. The van der Waals surface area contributed by atoms with E-state index in [1.54, 1.807) is 0 Å². The van der Waals surface area contributed by atoms with Crippen LogP contribution in [0.4, 0.5) is 0 Å². The summed E-state index contributed by atoms with van der Waals surface area (Å²) < 4.78 is 1.89. The molecule has 0 heterocycles. The standard InChI is InChI=1S/C10H13IO/c1-10(2)5-3-9(12)8(7-10)4-6-11/h4,6-7H,3,5H2,1-2H3. The smallest absolute Gasteiger partial charge is 0.162 e. The highest BCUT2D eigenvalue weighted by Crippen LogP contribution is 2.31. The molecule has 0 aromatic carbocycles. The Morgan fingerprint density at radius 2 is 2.25 bits per heavy atom. The lowest BCUT2D eigenvalue weighted by Crippen LogP contribution is -2.18. The highest BCUT2D eigenvalue weighted by Gasteiger charge is 2.24. The van der Waals surface area contributed by atoms with Crippen LogP contribution in [-0.2, 0) is 4.79 Å². The van der Waals surface area contributed by atoms with E-state index in [0.717, 1.165) is 12.0 Å². The Morgan fingerprint density at radius 1 is 1.58 bits per heavy atom. The van der Waals surface area contributed by atoms with Gasteiger partial charge in [0.2, 0.25) is 0 Å². The van der Waals surface area contributed by atoms with Gasteiger partial charge in [0.1, 0.15) is 0 Å². The second-order valence-corrected chi connectivity index (χ2v) is 4.52. The first-order valence-corrected chi connectivity index (χ1v) is 5.32. The monoisotopic (exact) mass is 276 g/mol. The zero-order chi connectivity index (χ0) is 9.19. The number of hydrogen-bond donors (Lipinski definition) is 0. The van der Waals surface area contributed by atoms with Crippen LogP contribution >= 0.6 is 22.6 Å². The van der Waals surface area contributed by atoms with Crippen LogP contribution in [0.2, 0.25) is 0 Å². The van der Waals surface area contributed by atoms with Gasteiger partial charge in [0.05, 0.1) is 0 Å². The fraction of sp³-hybridized carbons (Fsp3) is 0.500. The second-order valence-electron chi connectivity index (χ2n) is 3.80. The molecule has 0 fully saturated rings. The molecule has 1 nitrogen and oxygen atoms in total. The summed E-state index contributed by atoms with van der Waals surface area (Å²) >= 11 is 2.14. The molecule has 2 heteroatoms. The van der Waals surface area contributed by atoms with E-state index in [4.69, 9.17) is 0 Å². The Hall–Kier alpha value is -0.120. The molecule has 0 N–H and O–H groups in total. The largest absolute Gasteiger partial charge is 0.294 e. The Morgan fingerprint density at radius 3 is 2.83 bits per heavy atom. The third-order valence-corrected chi connectivity index (χ3v) is 2.47. The first-order chi connectivity index (χ1) is 5.55. The fourth-order valence-electron chi connectivity index (χ4n) is 1.36. The van der Waals surface area contributed by atoms with Crippen molar-refractivity contribution in [3.63, 3.8) is 0 Å². The van der Waals surface area contributed by atoms with E-state index in [1.165, 1.54) is 0 Å². The van der Waals surface area contributed by atoms with Gasteiger partial charge in [0, 0.05) is 12.0 Å². The Bertz CT molecular complexity index is 249. The van der Waals surface area contributed by atoms with Gasteiger partial charge in [0.15, 0.2) is 5.78 Å². The Labute approximate surface area is 87.1 Å². The van der Waals surface area contributed by atoms with Crippen LogP contribution in [0.25, 0.3) is 0 Å². The summed E-state index contributed by atoms with van der Waals surface area (Å²) in [4.78, 5) is 11.3. The van der Waals surface area contributed by atoms with Gasteiger partial charge in [-0.25, -0.2) is 0 Å². The Balaban J connectivity index is 2.93. The summed E-state index contributed by atoms with van der Waals surface area (Å²) in [5, 5.41) is 0. The third kappa shape index (κ3) is 2.44. The molecule has 1 aliphatic carbocycles. The van der Waals surface area contributed by atoms with E-state index in [1.807, 2.05) is 10.2 Å². The predicted octanol–water partition coefficient (Wildman–Crippen LogP) is 3.25. The van der Waals surface area contributed by atoms with E-state index in [0.29, 0.717) is 6.42 Å². The van der Waals surface area contributed by atoms with Crippen LogP contribution in [0.5, 0.6) is 0 Å². The molecule has 0 aromatic heterocycles. The maximum absolute atomic E-state index is 11.3. The van der Waals surface area contributed by atoms with Crippen LogP contribution in [0.1, 0.15) is 26.7 Å². The first kappa shape index (κ1) is 9.96. The normalized spacial score (nSPS) is 22.9. The number of halogens is 1. The molecular weight excluding hydrogens is 263 g/mol. The zero-order valence-corrected chi connectivity index (χ0v) is 9.59. The molecule has 1 rings (SSSR count). The van der Waals surface area contributed by atoms with E-state index in [-0.39, 0.29) is 11.2 Å². The van der Waals surface area contributed by atoms with Gasteiger partial charge >= 0.3 is 0 Å². The minimum atomic E-state index is 0.194. The van der Waals surface area contributed by atoms with Gasteiger partial charge < -0.3 is 0 Å². The first-order valence-electron chi connectivity index (χ1n) is 4.08. The molecule has 0 aromatic rings. The molecule has 66 valence electrons. The molecule has 0 bridgehead atoms. The van der Waals surface area contributed by atoms with Crippen molar-refractivity contribution in [3.05, 3.63) is 21.8 Å². The van der Waals surface area contributed by atoms with Gasteiger partial charge in [-0.1, -0.05) is 42.5 Å². The van der Waals surface area contributed by atoms with Crippen molar-refractivity contribution in [1.82, 2.24) is 0 Å². The van der Waals surface area contributed by atoms with Gasteiger partial charge in [0.25, 0.3) is 0 Å². The van der Waals surface area contributed by atoms with Crippen LogP contribution < -0.4 is 0 Å².